The van der Waals surface area contributed by atoms with Crippen molar-refractivity contribution >= 4 is 5.91 Å². The van der Waals surface area contributed by atoms with Gasteiger partial charge in [-0.05, 0) is 41.8 Å². The van der Waals surface area contributed by atoms with E-state index >= 15 is 0 Å². The second-order valence-corrected chi connectivity index (χ2v) is 6.35. The van der Waals surface area contributed by atoms with Crippen molar-refractivity contribution in [3.8, 4) is 16.9 Å². The van der Waals surface area contributed by atoms with Crippen LogP contribution in [0.2, 0.25) is 0 Å². The van der Waals surface area contributed by atoms with Gasteiger partial charge in [0.05, 0.1) is 25.5 Å². The van der Waals surface area contributed by atoms with E-state index in [4.69, 9.17) is 4.74 Å². The van der Waals surface area contributed by atoms with Gasteiger partial charge in [-0.2, -0.15) is 15.0 Å². The molecule has 1 saturated heterocycles. The van der Waals surface area contributed by atoms with Crippen molar-refractivity contribution in [3.05, 3.63) is 66.5 Å². The highest BCUT2D eigenvalue weighted by atomic mass is 16.5. The van der Waals surface area contributed by atoms with E-state index in [1.165, 1.54) is 0 Å². The second-order valence-electron chi connectivity index (χ2n) is 6.35. The molecule has 0 aliphatic carbocycles. The number of methoxy groups -OCH3 is 1. The molecule has 6 nitrogen and oxygen atoms in total. The van der Waals surface area contributed by atoms with Gasteiger partial charge in [-0.25, -0.2) is 0 Å². The van der Waals surface area contributed by atoms with E-state index in [2.05, 4.69) is 10.2 Å². The van der Waals surface area contributed by atoms with E-state index < -0.39 is 0 Å². The van der Waals surface area contributed by atoms with E-state index in [1.54, 1.807) is 24.3 Å². The smallest absolute Gasteiger partial charge is 0.253 e. The maximum Gasteiger partial charge on any atom is 0.253 e. The summed E-state index contributed by atoms with van der Waals surface area (Å²) >= 11 is 0. The number of hydrogen-bond donors (Lipinski definition) is 0. The summed E-state index contributed by atoms with van der Waals surface area (Å²) in [6, 6.07) is 15.8. The Morgan fingerprint density at radius 2 is 1.85 bits per heavy atom. The van der Waals surface area contributed by atoms with Crippen molar-refractivity contribution in [2.75, 3.05) is 20.2 Å². The Bertz CT molecular complexity index is 890. The molecule has 3 aromatic rings. The molecule has 1 aliphatic heterocycles. The third kappa shape index (κ3) is 3.18. The second kappa shape index (κ2) is 7.00. The van der Waals surface area contributed by atoms with Gasteiger partial charge in [-0.1, -0.05) is 24.3 Å². The highest BCUT2D eigenvalue weighted by Gasteiger charge is 2.28. The Morgan fingerprint density at radius 3 is 2.58 bits per heavy atom. The zero-order chi connectivity index (χ0) is 17.9. The molecule has 2 heterocycles. The molecule has 132 valence electrons. The van der Waals surface area contributed by atoms with Crippen molar-refractivity contribution in [3.63, 3.8) is 0 Å². The van der Waals surface area contributed by atoms with Crippen molar-refractivity contribution in [2.45, 2.75) is 12.5 Å². The number of amides is 1. The molecule has 1 atom stereocenters. The van der Waals surface area contributed by atoms with Crippen LogP contribution in [0.3, 0.4) is 0 Å². The van der Waals surface area contributed by atoms with Gasteiger partial charge in [0.25, 0.3) is 5.91 Å². The quantitative estimate of drug-likeness (QED) is 0.727. The molecule has 26 heavy (non-hydrogen) atoms. The average molecular weight is 348 g/mol. The maximum absolute atomic E-state index is 12.8. The SMILES string of the molecule is COc1cccc(-c2ccc(C(=O)N3CC[C@@H](n4nccn4)C3)cc2)c1. The number of nitrogens with zero attached hydrogens (tertiary/aromatic N) is 4. The molecule has 0 saturated carbocycles. The number of likely N-dealkylation sites (tertiary alicyclic amines) is 1. The summed E-state index contributed by atoms with van der Waals surface area (Å²) in [5.41, 5.74) is 2.82. The van der Waals surface area contributed by atoms with Crippen LogP contribution in [-0.4, -0.2) is 46.0 Å². The van der Waals surface area contributed by atoms with Crippen LogP contribution >= 0.6 is 0 Å². The summed E-state index contributed by atoms with van der Waals surface area (Å²) in [7, 11) is 1.66. The standard InChI is InChI=1S/C20H20N4O2/c1-26-19-4-2-3-17(13-19)15-5-7-16(8-6-15)20(25)23-12-9-18(14-23)24-21-10-11-22-24/h2-8,10-11,13,18H,9,12,14H2,1H3/t18-/m1/s1. The third-order valence-corrected chi connectivity index (χ3v) is 4.75. The lowest BCUT2D eigenvalue weighted by Crippen LogP contribution is -2.29. The average Bonchev–Trinajstić information content (AvgIpc) is 3.39. The normalized spacial score (nSPS) is 16.7. The lowest BCUT2D eigenvalue weighted by molar-refractivity contribution is 0.0786. The fourth-order valence-electron chi connectivity index (χ4n) is 3.32. The minimum Gasteiger partial charge on any atom is -0.497 e. The van der Waals surface area contributed by atoms with Crippen molar-refractivity contribution < 1.29 is 9.53 Å². The Labute approximate surface area is 152 Å². The van der Waals surface area contributed by atoms with Crippen LogP contribution in [0.15, 0.2) is 60.9 Å². The van der Waals surface area contributed by atoms with E-state index in [9.17, 15) is 4.79 Å². The number of hydrogen-bond acceptors (Lipinski definition) is 4. The van der Waals surface area contributed by atoms with Gasteiger partial charge >= 0.3 is 0 Å². The number of rotatable bonds is 4. The molecule has 0 unspecified atom stereocenters. The topological polar surface area (TPSA) is 60.2 Å². The molecule has 6 heteroatoms. The molecular weight excluding hydrogens is 328 g/mol. The summed E-state index contributed by atoms with van der Waals surface area (Å²) in [5, 5.41) is 8.36. The minimum absolute atomic E-state index is 0.0526. The van der Waals surface area contributed by atoms with Crippen molar-refractivity contribution in [1.29, 1.82) is 0 Å². The van der Waals surface area contributed by atoms with Crippen LogP contribution in [0.25, 0.3) is 11.1 Å². The van der Waals surface area contributed by atoms with Gasteiger partial charge in [-0.15, -0.1) is 0 Å². The maximum atomic E-state index is 12.8. The first-order valence-corrected chi connectivity index (χ1v) is 8.64. The monoisotopic (exact) mass is 348 g/mol. The van der Waals surface area contributed by atoms with Gasteiger partial charge in [0, 0.05) is 18.7 Å². The zero-order valence-electron chi connectivity index (χ0n) is 14.6. The lowest BCUT2D eigenvalue weighted by Gasteiger charge is -2.16. The summed E-state index contributed by atoms with van der Waals surface area (Å²) < 4.78 is 5.27. The van der Waals surface area contributed by atoms with Crippen molar-refractivity contribution in [2.24, 2.45) is 0 Å². The molecule has 1 aliphatic rings. The largest absolute Gasteiger partial charge is 0.497 e. The molecule has 0 radical (unpaired) electrons. The molecule has 4 rings (SSSR count). The summed E-state index contributed by atoms with van der Waals surface area (Å²) in [6.45, 7) is 1.37. The summed E-state index contributed by atoms with van der Waals surface area (Å²) in [4.78, 5) is 16.3. The predicted molar refractivity (Wildman–Crippen MR) is 98.0 cm³/mol. The number of carbonyl (C=O) groups is 1. The molecule has 0 bridgehead atoms. The third-order valence-electron chi connectivity index (χ3n) is 4.75. The number of ether oxygens (including phenoxy) is 1. The Balaban J connectivity index is 1.47. The van der Waals surface area contributed by atoms with Crippen molar-refractivity contribution in [1.82, 2.24) is 19.9 Å². The lowest BCUT2D eigenvalue weighted by atomic mass is 10.0. The molecular formula is C20H20N4O2. The molecule has 0 spiro atoms. The van der Waals surface area contributed by atoms with E-state index in [-0.39, 0.29) is 11.9 Å². The Morgan fingerprint density at radius 1 is 1.08 bits per heavy atom. The van der Waals surface area contributed by atoms with Crippen LogP contribution in [0.4, 0.5) is 0 Å². The number of benzene rings is 2. The molecule has 1 amide bonds. The number of aromatic nitrogens is 3. The van der Waals surface area contributed by atoms with Crippen LogP contribution in [0.1, 0.15) is 22.8 Å². The van der Waals surface area contributed by atoms with Crippen LogP contribution < -0.4 is 4.74 Å². The van der Waals surface area contributed by atoms with Crippen LogP contribution in [0.5, 0.6) is 5.75 Å². The fourth-order valence-corrected chi connectivity index (χ4v) is 3.32. The zero-order valence-corrected chi connectivity index (χ0v) is 14.6. The first kappa shape index (κ1) is 16.3. The molecule has 0 N–H and O–H groups in total. The first-order chi connectivity index (χ1) is 12.7. The van der Waals surface area contributed by atoms with Gasteiger partial charge in [-0.3, -0.25) is 4.79 Å². The van der Waals surface area contributed by atoms with E-state index in [0.717, 1.165) is 29.8 Å². The van der Waals surface area contributed by atoms with Gasteiger partial charge in [0.2, 0.25) is 0 Å². The Kier molecular flexibility index (Phi) is 4.39. The molecule has 1 fully saturated rings. The highest BCUT2D eigenvalue weighted by molar-refractivity contribution is 5.95. The summed E-state index contributed by atoms with van der Waals surface area (Å²) in [6.07, 6.45) is 4.21. The Hall–Kier alpha value is -3.15. The fraction of sp³-hybridized carbons (Fsp3) is 0.250. The van der Waals surface area contributed by atoms with E-state index in [0.29, 0.717) is 12.1 Å². The van der Waals surface area contributed by atoms with Gasteiger partial charge in [0.15, 0.2) is 0 Å². The predicted octanol–water partition coefficient (Wildman–Crippen LogP) is 3.04. The number of carbonyl (C=O) groups excluding carboxylic acids is 1. The molecule has 1 aromatic heterocycles. The minimum atomic E-state index is 0.0526. The summed E-state index contributed by atoms with van der Waals surface area (Å²) in [5.74, 6) is 0.870. The van der Waals surface area contributed by atoms with Crippen LogP contribution in [-0.2, 0) is 0 Å². The van der Waals surface area contributed by atoms with E-state index in [1.807, 2.05) is 53.4 Å². The molecule has 2 aromatic carbocycles. The van der Waals surface area contributed by atoms with Gasteiger partial charge < -0.3 is 9.64 Å². The first-order valence-electron chi connectivity index (χ1n) is 8.64. The highest BCUT2D eigenvalue weighted by Crippen LogP contribution is 2.26. The van der Waals surface area contributed by atoms with Gasteiger partial charge in [0.1, 0.15) is 5.75 Å². The van der Waals surface area contributed by atoms with Crippen LogP contribution in [0, 0.1) is 0 Å².